The molecule has 0 spiro atoms. The maximum absolute atomic E-state index is 13.4. The van der Waals surface area contributed by atoms with E-state index in [4.69, 9.17) is 4.74 Å². The molecule has 0 unspecified atom stereocenters. The third-order valence-corrected chi connectivity index (χ3v) is 6.43. The molecule has 0 radical (unpaired) electrons. The third-order valence-electron chi connectivity index (χ3n) is 4.64. The highest BCUT2D eigenvalue weighted by Crippen LogP contribution is 2.27. The van der Waals surface area contributed by atoms with Gasteiger partial charge in [-0.3, -0.25) is 9.10 Å². The third kappa shape index (κ3) is 5.21. The zero-order chi connectivity index (χ0) is 22.6. The summed E-state index contributed by atoms with van der Waals surface area (Å²) in [5.41, 5.74) is 2.41. The summed E-state index contributed by atoms with van der Waals surface area (Å²) in [6, 6.07) is 16.5. The maximum Gasteiger partial charge on any atom is 0.264 e. The van der Waals surface area contributed by atoms with Crippen LogP contribution in [0.3, 0.4) is 0 Å². The molecule has 0 aliphatic heterocycles. The molecule has 162 valence electrons. The molecule has 0 aliphatic carbocycles. The van der Waals surface area contributed by atoms with Crippen molar-refractivity contribution in [2.45, 2.75) is 18.7 Å². The molecular formula is C23H23FN2O4S. The second-order valence-corrected chi connectivity index (χ2v) is 8.92. The highest BCUT2D eigenvalue weighted by Gasteiger charge is 2.27. The number of hydrogen-bond acceptors (Lipinski definition) is 4. The normalized spacial score (nSPS) is 11.1. The van der Waals surface area contributed by atoms with Crippen molar-refractivity contribution in [3.05, 3.63) is 83.7 Å². The molecule has 1 amide bonds. The molecule has 3 aromatic carbocycles. The van der Waals surface area contributed by atoms with Crippen LogP contribution in [0.2, 0.25) is 0 Å². The van der Waals surface area contributed by atoms with Crippen LogP contribution < -0.4 is 14.4 Å². The Balaban J connectivity index is 1.95. The van der Waals surface area contributed by atoms with E-state index in [2.05, 4.69) is 5.32 Å². The Bertz CT molecular complexity index is 1180. The summed E-state index contributed by atoms with van der Waals surface area (Å²) in [6.07, 6.45) is 0. The van der Waals surface area contributed by atoms with Gasteiger partial charge in [-0.15, -0.1) is 0 Å². The van der Waals surface area contributed by atoms with Crippen LogP contribution in [0.4, 0.5) is 15.8 Å². The van der Waals surface area contributed by atoms with Crippen molar-refractivity contribution in [1.29, 1.82) is 0 Å². The molecule has 0 heterocycles. The molecule has 0 aromatic heterocycles. The average Bonchev–Trinajstić information content (AvgIpc) is 2.73. The molecule has 0 atom stereocenters. The van der Waals surface area contributed by atoms with E-state index in [0.717, 1.165) is 27.6 Å². The van der Waals surface area contributed by atoms with Crippen molar-refractivity contribution < 1.29 is 22.3 Å². The number of nitrogens with zero attached hydrogens (tertiary/aromatic N) is 1. The quantitative estimate of drug-likeness (QED) is 0.592. The van der Waals surface area contributed by atoms with Crippen LogP contribution >= 0.6 is 0 Å². The Kier molecular flexibility index (Phi) is 6.60. The van der Waals surface area contributed by atoms with Gasteiger partial charge in [0.2, 0.25) is 5.91 Å². The van der Waals surface area contributed by atoms with Gasteiger partial charge in [0, 0.05) is 0 Å². The molecule has 31 heavy (non-hydrogen) atoms. The predicted octanol–water partition coefficient (Wildman–Crippen LogP) is 4.29. The molecular weight excluding hydrogens is 419 g/mol. The van der Waals surface area contributed by atoms with E-state index in [1.807, 2.05) is 19.9 Å². The minimum Gasteiger partial charge on any atom is -0.495 e. The predicted molar refractivity (Wildman–Crippen MR) is 118 cm³/mol. The van der Waals surface area contributed by atoms with Gasteiger partial charge in [0.1, 0.15) is 18.1 Å². The van der Waals surface area contributed by atoms with Crippen LogP contribution in [0, 0.1) is 19.7 Å². The number of nitrogens with one attached hydrogen (secondary N) is 1. The average molecular weight is 443 g/mol. The Morgan fingerprint density at radius 2 is 1.58 bits per heavy atom. The molecule has 3 rings (SSSR count). The zero-order valence-corrected chi connectivity index (χ0v) is 18.2. The number of sulfonamides is 1. The number of anilines is 2. The number of hydrogen-bond donors (Lipinski definition) is 1. The Hall–Kier alpha value is -3.39. The second-order valence-electron chi connectivity index (χ2n) is 7.05. The topological polar surface area (TPSA) is 75.7 Å². The van der Waals surface area contributed by atoms with Crippen LogP contribution in [-0.2, 0) is 14.8 Å². The number of halogens is 1. The Morgan fingerprint density at radius 1 is 0.968 bits per heavy atom. The van der Waals surface area contributed by atoms with E-state index in [0.29, 0.717) is 11.4 Å². The molecule has 6 nitrogen and oxygen atoms in total. The first-order chi connectivity index (χ1) is 14.7. The summed E-state index contributed by atoms with van der Waals surface area (Å²) in [4.78, 5) is 12.9. The fourth-order valence-electron chi connectivity index (χ4n) is 3.00. The second kappa shape index (κ2) is 9.18. The highest BCUT2D eigenvalue weighted by molar-refractivity contribution is 7.92. The summed E-state index contributed by atoms with van der Waals surface area (Å²) in [7, 11) is -2.60. The highest BCUT2D eigenvalue weighted by atomic mass is 32.2. The molecule has 0 bridgehead atoms. The fourth-order valence-corrected chi connectivity index (χ4v) is 4.42. The molecule has 1 N–H and O–H groups in total. The van der Waals surface area contributed by atoms with Crippen molar-refractivity contribution in [3.63, 3.8) is 0 Å². The van der Waals surface area contributed by atoms with Crippen LogP contribution in [0.1, 0.15) is 11.1 Å². The van der Waals surface area contributed by atoms with Crippen LogP contribution in [0.5, 0.6) is 5.75 Å². The van der Waals surface area contributed by atoms with Crippen molar-refractivity contribution in [2.75, 3.05) is 23.3 Å². The lowest BCUT2D eigenvalue weighted by Crippen LogP contribution is -2.38. The Morgan fingerprint density at radius 3 is 2.19 bits per heavy atom. The van der Waals surface area contributed by atoms with Gasteiger partial charge in [-0.1, -0.05) is 23.8 Å². The first-order valence-corrected chi connectivity index (χ1v) is 10.9. The number of ether oxygens (including phenoxy) is 1. The summed E-state index contributed by atoms with van der Waals surface area (Å²) in [5.74, 6) is -0.622. The van der Waals surface area contributed by atoms with Crippen molar-refractivity contribution in [1.82, 2.24) is 0 Å². The van der Waals surface area contributed by atoms with Crippen LogP contribution in [0.25, 0.3) is 0 Å². The van der Waals surface area contributed by atoms with Crippen molar-refractivity contribution >= 4 is 27.3 Å². The molecule has 0 fully saturated rings. The Labute approximate surface area is 181 Å². The number of carbonyl (C=O) groups is 1. The van der Waals surface area contributed by atoms with Gasteiger partial charge in [-0.25, -0.2) is 12.8 Å². The lowest BCUT2D eigenvalue weighted by molar-refractivity contribution is -0.114. The lowest BCUT2D eigenvalue weighted by Gasteiger charge is -2.24. The maximum atomic E-state index is 13.4. The number of amides is 1. The minimum atomic E-state index is -4.08. The van der Waals surface area contributed by atoms with Crippen LogP contribution in [0.15, 0.2) is 71.6 Å². The fraction of sp³-hybridized carbons (Fsp3) is 0.174. The summed E-state index contributed by atoms with van der Waals surface area (Å²) in [5, 5.41) is 2.70. The van der Waals surface area contributed by atoms with E-state index >= 15 is 0 Å². The van der Waals surface area contributed by atoms with Gasteiger partial charge >= 0.3 is 0 Å². The standard InChI is InChI=1S/C23H23FN2O4S/c1-16-4-11-20(12-5-16)31(28,29)26(19-9-7-18(24)8-10-19)15-23(27)25-21-14-17(2)6-13-22(21)30-3/h4-14H,15H2,1-3H3,(H,25,27). The number of carbonyl (C=O) groups excluding carboxylic acids is 1. The lowest BCUT2D eigenvalue weighted by atomic mass is 10.2. The zero-order valence-electron chi connectivity index (χ0n) is 17.4. The molecule has 0 saturated heterocycles. The largest absolute Gasteiger partial charge is 0.495 e. The van der Waals surface area contributed by atoms with E-state index in [1.54, 1.807) is 24.3 Å². The van der Waals surface area contributed by atoms with E-state index in [-0.39, 0.29) is 10.6 Å². The number of aryl methyl sites for hydroxylation is 2. The monoisotopic (exact) mass is 442 g/mol. The smallest absolute Gasteiger partial charge is 0.264 e. The van der Waals surface area contributed by atoms with Gasteiger partial charge in [0.25, 0.3) is 10.0 Å². The first kappa shape index (κ1) is 22.3. The minimum absolute atomic E-state index is 0.0309. The molecule has 8 heteroatoms. The van der Waals surface area contributed by atoms with Gasteiger partial charge < -0.3 is 10.1 Å². The van der Waals surface area contributed by atoms with E-state index in [9.17, 15) is 17.6 Å². The first-order valence-electron chi connectivity index (χ1n) is 9.50. The molecule has 0 aliphatic rings. The number of methoxy groups -OCH3 is 1. The summed E-state index contributed by atoms with van der Waals surface area (Å²) < 4.78 is 46.3. The van der Waals surface area contributed by atoms with E-state index < -0.39 is 28.3 Å². The van der Waals surface area contributed by atoms with Crippen molar-refractivity contribution in [3.8, 4) is 5.75 Å². The van der Waals surface area contributed by atoms with Crippen LogP contribution in [-0.4, -0.2) is 28.0 Å². The van der Waals surface area contributed by atoms with Gasteiger partial charge in [-0.05, 0) is 67.9 Å². The SMILES string of the molecule is COc1ccc(C)cc1NC(=O)CN(c1ccc(F)cc1)S(=O)(=O)c1ccc(C)cc1. The van der Waals surface area contributed by atoms with Crippen molar-refractivity contribution in [2.24, 2.45) is 0 Å². The molecule has 0 saturated carbocycles. The van der Waals surface area contributed by atoms with Gasteiger partial charge in [0.05, 0.1) is 23.4 Å². The number of rotatable bonds is 7. The summed E-state index contributed by atoms with van der Waals surface area (Å²) >= 11 is 0. The van der Waals surface area contributed by atoms with E-state index in [1.165, 1.54) is 31.4 Å². The van der Waals surface area contributed by atoms with Gasteiger partial charge in [-0.2, -0.15) is 0 Å². The molecule has 3 aromatic rings. The number of benzene rings is 3. The summed E-state index contributed by atoms with van der Waals surface area (Å²) in [6.45, 7) is 3.21. The van der Waals surface area contributed by atoms with Gasteiger partial charge in [0.15, 0.2) is 0 Å².